The number of ether oxygens (including phenoxy) is 3. The molecule has 3 heterocycles. The minimum absolute atomic E-state index is 0.0247. The molecular formula is C27H37ClN8O5S. The monoisotopic (exact) mass is 620 g/mol. The SMILES string of the molecule is COc1cccc(OC)c1-n1c(NS(=O)(=O)[C@@H](C)[C@H](C)c2ncc(Cl)cn2)nnc1[C@@H]1CCN(C(=N)OC(C)(C)C)C1. The van der Waals surface area contributed by atoms with Crippen LogP contribution in [0.3, 0.4) is 0 Å². The Balaban J connectivity index is 1.73. The van der Waals surface area contributed by atoms with Crippen LogP contribution >= 0.6 is 11.6 Å². The Bertz CT molecular complexity index is 1500. The number of halogens is 1. The number of rotatable bonds is 9. The molecule has 15 heteroatoms. The van der Waals surface area contributed by atoms with Gasteiger partial charge in [0.1, 0.15) is 34.4 Å². The van der Waals surface area contributed by atoms with Gasteiger partial charge in [-0.2, -0.15) is 0 Å². The van der Waals surface area contributed by atoms with Crippen molar-refractivity contribution in [2.24, 2.45) is 0 Å². The summed E-state index contributed by atoms with van der Waals surface area (Å²) in [5.74, 6) is 0.918. The minimum Gasteiger partial charge on any atom is -0.494 e. The second-order valence-corrected chi connectivity index (χ2v) is 13.6. The first-order valence-electron chi connectivity index (χ1n) is 13.4. The van der Waals surface area contributed by atoms with Crippen molar-refractivity contribution in [3.63, 3.8) is 0 Å². The molecule has 1 fully saturated rings. The number of anilines is 1. The molecule has 2 N–H and O–H groups in total. The summed E-state index contributed by atoms with van der Waals surface area (Å²) in [6.45, 7) is 9.96. The van der Waals surface area contributed by atoms with Crippen molar-refractivity contribution in [3.8, 4) is 17.2 Å². The summed E-state index contributed by atoms with van der Waals surface area (Å²) in [4.78, 5) is 10.2. The van der Waals surface area contributed by atoms with E-state index in [0.717, 1.165) is 0 Å². The van der Waals surface area contributed by atoms with Crippen LogP contribution in [0, 0.1) is 5.41 Å². The summed E-state index contributed by atoms with van der Waals surface area (Å²) >= 11 is 5.91. The zero-order chi connectivity index (χ0) is 30.8. The van der Waals surface area contributed by atoms with E-state index in [4.69, 9.17) is 31.2 Å². The molecule has 13 nitrogen and oxygen atoms in total. The van der Waals surface area contributed by atoms with Crippen LogP contribution in [0.4, 0.5) is 5.95 Å². The average molecular weight is 621 g/mol. The lowest BCUT2D eigenvalue weighted by Crippen LogP contribution is -2.36. The molecule has 228 valence electrons. The molecule has 42 heavy (non-hydrogen) atoms. The van der Waals surface area contributed by atoms with E-state index in [-0.39, 0.29) is 17.9 Å². The van der Waals surface area contributed by atoms with Crippen molar-refractivity contribution in [2.45, 2.75) is 63.7 Å². The van der Waals surface area contributed by atoms with Gasteiger partial charge in [-0.25, -0.2) is 18.4 Å². The fourth-order valence-corrected chi connectivity index (χ4v) is 5.99. The van der Waals surface area contributed by atoms with E-state index in [1.165, 1.54) is 26.6 Å². The van der Waals surface area contributed by atoms with Gasteiger partial charge < -0.3 is 19.1 Å². The zero-order valence-corrected chi connectivity index (χ0v) is 26.3. The van der Waals surface area contributed by atoms with E-state index in [2.05, 4.69) is 24.9 Å². The van der Waals surface area contributed by atoms with E-state index in [0.29, 0.717) is 53.4 Å². The fraction of sp³-hybridized carbons (Fsp3) is 0.519. The van der Waals surface area contributed by atoms with Gasteiger partial charge in [0.15, 0.2) is 0 Å². The van der Waals surface area contributed by atoms with Gasteiger partial charge in [0.05, 0.1) is 24.5 Å². The van der Waals surface area contributed by atoms with Crippen LogP contribution in [0.15, 0.2) is 30.6 Å². The number of sulfonamides is 1. The van der Waals surface area contributed by atoms with Crippen molar-refractivity contribution in [1.82, 2.24) is 29.6 Å². The predicted molar refractivity (Wildman–Crippen MR) is 159 cm³/mol. The van der Waals surface area contributed by atoms with Crippen LogP contribution in [0.2, 0.25) is 5.02 Å². The van der Waals surface area contributed by atoms with Gasteiger partial charge in [-0.05, 0) is 46.2 Å². The number of aromatic nitrogens is 5. The van der Waals surface area contributed by atoms with E-state index < -0.39 is 26.8 Å². The molecule has 0 unspecified atom stereocenters. The average Bonchev–Trinajstić information content (AvgIpc) is 3.58. The second-order valence-electron chi connectivity index (χ2n) is 11.1. The van der Waals surface area contributed by atoms with E-state index in [1.807, 2.05) is 25.7 Å². The summed E-state index contributed by atoms with van der Waals surface area (Å²) in [5, 5.41) is 16.6. The first-order chi connectivity index (χ1) is 19.8. The van der Waals surface area contributed by atoms with Crippen molar-refractivity contribution in [2.75, 3.05) is 32.0 Å². The molecule has 0 bridgehead atoms. The minimum atomic E-state index is -4.03. The molecule has 1 aliphatic rings. The summed E-state index contributed by atoms with van der Waals surface area (Å²) < 4.78 is 48.7. The van der Waals surface area contributed by atoms with Crippen LogP contribution < -0.4 is 14.2 Å². The molecule has 1 saturated heterocycles. The molecule has 1 aromatic carbocycles. The molecule has 3 atom stereocenters. The molecule has 3 aromatic rings. The lowest BCUT2D eigenvalue weighted by molar-refractivity contribution is 0.0886. The van der Waals surface area contributed by atoms with Gasteiger partial charge >= 0.3 is 0 Å². The van der Waals surface area contributed by atoms with Gasteiger partial charge in [-0.3, -0.25) is 14.7 Å². The third kappa shape index (κ3) is 6.70. The highest BCUT2D eigenvalue weighted by Gasteiger charge is 2.36. The van der Waals surface area contributed by atoms with Crippen LogP contribution in [0.1, 0.15) is 64.5 Å². The third-order valence-corrected chi connectivity index (χ3v) is 9.08. The summed E-state index contributed by atoms with van der Waals surface area (Å²) in [6.07, 6.45) is 3.50. The summed E-state index contributed by atoms with van der Waals surface area (Å²) in [5.41, 5.74) is -0.0718. The predicted octanol–water partition coefficient (Wildman–Crippen LogP) is 4.20. The highest BCUT2D eigenvalue weighted by molar-refractivity contribution is 7.93. The number of methoxy groups -OCH3 is 2. The third-order valence-electron chi connectivity index (χ3n) is 7.03. The van der Waals surface area contributed by atoms with Crippen LogP contribution in [0.5, 0.6) is 11.5 Å². The van der Waals surface area contributed by atoms with Crippen LogP contribution in [-0.4, -0.2) is 82.2 Å². The number of hydrogen-bond acceptors (Lipinski definition) is 10. The molecule has 0 saturated carbocycles. The highest BCUT2D eigenvalue weighted by Crippen LogP contribution is 2.39. The molecule has 0 aliphatic carbocycles. The van der Waals surface area contributed by atoms with Crippen molar-refractivity contribution in [3.05, 3.63) is 47.3 Å². The van der Waals surface area contributed by atoms with E-state index in [1.54, 1.807) is 36.6 Å². The van der Waals surface area contributed by atoms with Gasteiger partial charge in [0.2, 0.25) is 16.0 Å². The standard InChI is InChI=1S/C27H37ClN8O5S/c1-16(23-30-13-19(28)14-31-23)17(2)42(37,38)34-26-33-32-24(18-11-12-35(15-18)25(29)41-27(3,4)5)36(26)22-20(39-6)9-8-10-21(22)40-7/h8-10,13-14,16-18,29H,11-12,15H2,1-7H3,(H,33,34)/t16-,17-,18+/m0/s1. The number of amidine groups is 1. The maximum Gasteiger partial charge on any atom is 0.284 e. The quantitative estimate of drug-likeness (QED) is 0.262. The maximum atomic E-state index is 13.7. The lowest BCUT2D eigenvalue weighted by atomic mass is 10.1. The van der Waals surface area contributed by atoms with E-state index in [9.17, 15) is 8.42 Å². The van der Waals surface area contributed by atoms with Gasteiger partial charge in [-0.15, -0.1) is 10.2 Å². The van der Waals surface area contributed by atoms with Gasteiger partial charge in [0, 0.05) is 37.3 Å². The molecule has 4 rings (SSSR count). The van der Waals surface area contributed by atoms with Crippen LogP contribution in [-0.2, 0) is 14.8 Å². The molecule has 0 spiro atoms. The number of nitrogens with zero attached hydrogens (tertiary/aromatic N) is 6. The Labute approximate surface area is 251 Å². The van der Waals surface area contributed by atoms with E-state index >= 15 is 0 Å². The first kappa shape index (κ1) is 31.3. The maximum absolute atomic E-state index is 13.7. The smallest absolute Gasteiger partial charge is 0.284 e. The first-order valence-corrected chi connectivity index (χ1v) is 15.4. The fourth-order valence-electron chi connectivity index (χ4n) is 4.67. The Morgan fingerprint density at radius 2 is 1.74 bits per heavy atom. The number of benzene rings is 1. The van der Waals surface area contributed by atoms with Crippen molar-refractivity contribution in [1.29, 1.82) is 5.41 Å². The number of hydrogen-bond donors (Lipinski definition) is 2. The molecule has 2 aromatic heterocycles. The van der Waals surface area contributed by atoms with Crippen molar-refractivity contribution >= 4 is 33.6 Å². The summed E-state index contributed by atoms with van der Waals surface area (Å²) in [7, 11) is -0.991. The molecule has 0 radical (unpaired) electrons. The van der Waals surface area contributed by atoms with Gasteiger partial charge in [-0.1, -0.05) is 24.6 Å². The van der Waals surface area contributed by atoms with Crippen LogP contribution in [0.25, 0.3) is 5.69 Å². The normalized spacial score (nSPS) is 17.0. The van der Waals surface area contributed by atoms with Gasteiger partial charge in [0.25, 0.3) is 6.02 Å². The summed E-state index contributed by atoms with van der Waals surface area (Å²) in [6, 6.07) is 5.33. The largest absolute Gasteiger partial charge is 0.494 e. The number of likely N-dealkylation sites (tertiary alicyclic amines) is 1. The molecular weight excluding hydrogens is 584 g/mol. The Kier molecular flexibility index (Phi) is 9.16. The topological polar surface area (TPSA) is 157 Å². The Morgan fingerprint density at radius 1 is 1.12 bits per heavy atom. The highest BCUT2D eigenvalue weighted by atomic mass is 35.5. The number of nitrogens with one attached hydrogen (secondary N) is 2. The zero-order valence-electron chi connectivity index (χ0n) is 24.8. The second kappa shape index (κ2) is 12.3. The lowest BCUT2D eigenvalue weighted by Gasteiger charge is -2.27. The van der Waals surface area contributed by atoms with Crippen molar-refractivity contribution < 1.29 is 22.6 Å². The number of para-hydroxylation sites is 1. The Morgan fingerprint density at radius 3 is 2.31 bits per heavy atom. The molecule has 0 amide bonds. The molecule has 1 aliphatic heterocycles. The Hall–Kier alpha value is -3.65.